The summed E-state index contributed by atoms with van der Waals surface area (Å²) in [6.07, 6.45) is 3.60. The van der Waals surface area contributed by atoms with Crippen molar-refractivity contribution in [1.82, 2.24) is 19.8 Å². The number of anilines is 1. The number of amides is 1. The van der Waals surface area contributed by atoms with Gasteiger partial charge in [-0.25, -0.2) is 14.8 Å². The number of piperidine rings is 1. The van der Waals surface area contributed by atoms with Gasteiger partial charge in [-0.2, -0.15) is 0 Å². The normalized spacial score (nSPS) is 18.3. The van der Waals surface area contributed by atoms with Crippen LogP contribution in [0, 0.1) is 0 Å². The number of carbonyl (C=O) groups excluding carboxylic acids is 1. The third-order valence-electron chi connectivity index (χ3n) is 5.68. The Balaban J connectivity index is 1.57. The molecule has 7 nitrogen and oxygen atoms in total. The predicted octanol–water partition coefficient (Wildman–Crippen LogP) is 3.55. The molecule has 0 unspecified atom stereocenters. The molecular formula is C21H28ClN5O2. The van der Waals surface area contributed by atoms with Crippen LogP contribution in [0.5, 0.6) is 0 Å². The molecule has 2 aromatic heterocycles. The second kappa shape index (κ2) is 9.13. The molecule has 2 aliphatic rings. The number of nitrogens with zero attached hydrogens (tertiary/aromatic N) is 5. The van der Waals surface area contributed by atoms with Crippen LogP contribution in [0.3, 0.4) is 0 Å². The lowest BCUT2D eigenvalue weighted by Crippen LogP contribution is -2.49. The van der Waals surface area contributed by atoms with Crippen LogP contribution in [-0.4, -0.2) is 71.7 Å². The van der Waals surface area contributed by atoms with Crippen LogP contribution in [0.2, 0.25) is 5.15 Å². The zero-order valence-corrected chi connectivity index (χ0v) is 17.7. The van der Waals surface area contributed by atoms with Crippen LogP contribution >= 0.6 is 11.6 Å². The van der Waals surface area contributed by atoms with Crippen LogP contribution in [0.15, 0.2) is 18.2 Å². The zero-order valence-electron chi connectivity index (χ0n) is 16.9. The van der Waals surface area contributed by atoms with Crippen molar-refractivity contribution in [3.05, 3.63) is 28.9 Å². The molecule has 2 aliphatic heterocycles. The van der Waals surface area contributed by atoms with Gasteiger partial charge in [-0.15, -0.1) is 0 Å². The molecule has 29 heavy (non-hydrogen) atoms. The summed E-state index contributed by atoms with van der Waals surface area (Å²) >= 11 is 6.15. The highest BCUT2D eigenvalue weighted by atomic mass is 35.5. The van der Waals surface area contributed by atoms with E-state index < -0.39 is 0 Å². The summed E-state index contributed by atoms with van der Waals surface area (Å²) < 4.78 is 5.12. The third kappa shape index (κ3) is 4.73. The van der Waals surface area contributed by atoms with Gasteiger partial charge in [-0.1, -0.05) is 18.0 Å². The van der Waals surface area contributed by atoms with Crippen LogP contribution in [-0.2, 0) is 11.3 Å². The number of ether oxygens (including phenoxy) is 1. The molecule has 0 aliphatic carbocycles. The number of piperazine rings is 1. The lowest BCUT2D eigenvalue weighted by atomic mass is 10.1. The van der Waals surface area contributed by atoms with E-state index in [4.69, 9.17) is 21.3 Å². The number of hydrogen-bond donors (Lipinski definition) is 0. The van der Waals surface area contributed by atoms with Crippen molar-refractivity contribution >= 4 is 34.5 Å². The van der Waals surface area contributed by atoms with Crippen LogP contribution < -0.4 is 4.90 Å². The van der Waals surface area contributed by atoms with Crippen molar-refractivity contribution in [3.63, 3.8) is 0 Å². The summed E-state index contributed by atoms with van der Waals surface area (Å²) in [4.78, 5) is 27.7. The smallest absolute Gasteiger partial charge is 0.409 e. The highest BCUT2D eigenvalue weighted by Gasteiger charge is 2.24. The maximum absolute atomic E-state index is 12.0. The number of likely N-dealkylation sites (tertiary alicyclic amines) is 1. The molecule has 0 bridgehead atoms. The van der Waals surface area contributed by atoms with Gasteiger partial charge < -0.3 is 14.5 Å². The minimum absolute atomic E-state index is 0.238. The molecule has 0 saturated carbocycles. The molecule has 1 amide bonds. The molecule has 2 saturated heterocycles. The van der Waals surface area contributed by atoms with Crippen molar-refractivity contribution < 1.29 is 9.53 Å². The molecule has 0 aromatic carbocycles. The van der Waals surface area contributed by atoms with Gasteiger partial charge in [-0.05, 0) is 56.6 Å². The van der Waals surface area contributed by atoms with Crippen LogP contribution in [0.25, 0.3) is 11.0 Å². The standard InChI is InChI=1S/C21H28ClN5O2/c1-2-29-21(28)27-12-10-26(11-13-27)19-14-16(15-25-8-4-3-5-9-25)17-6-7-18(22)23-20(17)24-19/h6-7,14H,2-5,8-13,15H2,1H3. The van der Waals surface area contributed by atoms with Gasteiger partial charge in [-0.3, -0.25) is 4.90 Å². The Labute approximate surface area is 176 Å². The number of pyridine rings is 2. The number of aromatic nitrogens is 2. The molecule has 8 heteroatoms. The van der Waals surface area contributed by atoms with Crippen LogP contribution in [0.1, 0.15) is 31.7 Å². The minimum atomic E-state index is -0.238. The average Bonchev–Trinajstić information content (AvgIpc) is 2.74. The highest BCUT2D eigenvalue weighted by molar-refractivity contribution is 6.29. The van der Waals surface area contributed by atoms with E-state index in [1.54, 1.807) is 4.90 Å². The van der Waals surface area contributed by atoms with Gasteiger partial charge >= 0.3 is 6.09 Å². The van der Waals surface area contributed by atoms with Gasteiger partial charge in [0.25, 0.3) is 0 Å². The quantitative estimate of drug-likeness (QED) is 0.709. The molecule has 0 N–H and O–H groups in total. The number of carbonyl (C=O) groups is 1. The fourth-order valence-corrected chi connectivity index (χ4v) is 4.26. The Morgan fingerprint density at radius 2 is 1.83 bits per heavy atom. The van der Waals surface area contributed by atoms with E-state index in [1.165, 1.54) is 24.8 Å². The van der Waals surface area contributed by atoms with Gasteiger partial charge in [0.1, 0.15) is 11.0 Å². The molecule has 2 aromatic rings. The molecule has 4 heterocycles. The SMILES string of the molecule is CCOC(=O)N1CCN(c2cc(CN3CCCCC3)c3ccc(Cl)nc3n2)CC1. The predicted molar refractivity (Wildman–Crippen MR) is 114 cm³/mol. The van der Waals surface area contributed by atoms with Gasteiger partial charge in [0.15, 0.2) is 5.65 Å². The van der Waals surface area contributed by atoms with Crippen LogP contribution in [0.4, 0.5) is 10.6 Å². The van der Waals surface area contributed by atoms with Crippen molar-refractivity contribution in [2.75, 3.05) is 50.8 Å². The fraction of sp³-hybridized carbons (Fsp3) is 0.571. The molecular weight excluding hydrogens is 390 g/mol. The number of fused-ring (bicyclic) bond motifs is 1. The Kier molecular flexibility index (Phi) is 6.35. The van der Waals surface area contributed by atoms with Crippen molar-refractivity contribution in [1.29, 1.82) is 0 Å². The first kappa shape index (κ1) is 20.2. The molecule has 2 fully saturated rings. The molecule has 4 rings (SSSR count). The van der Waals surface area contributed by atoms with Crippen molar-refractivity contribution in [2.24, 2.45) is 0 Å². The number of hydrogen-bond acceptors (Lipinski definition) is 6. The monoisotopic (exact) mass is 417 g/mol. The zero-order chi connectivity index (χ0) is 20.2. The summed E-state index contributed by atoms with van der Waals surface area (Å²) in [6, 6.07) is 6.05. The first-order valence-corrected chi connectivity index (χ1v) is 10.9. The lowest BCUT2D eigenvalue weighted by molar-refractivity contribution is 0.105. The first-order chi connectivity index (χ1) is 14.1. The maximum Gasteiger partial charge on any atom is 0.409 e. The van der Waals surface area contributed by atoms with E-state index >= 15 is 0 Å². The fourth-order valence-electron chi connectivity index (χ4n) is 4.12. The van der Waals surface area contributed by atoms with E-state index in [0.29, 0.717) is 30.5 Å². The molecule has 156 valence electrons. The van der Waals surface area contributed by atoms with Gasteiger partial charge in [0.2, 0.25) is 0 Å². The largest absolute Gasteiger partial charge is 0.450 e. The Morgan fingerprint density at radius 1 is 1.07 bits per heavy atom. The lowest BCUT2D eigenvalue weighted by Gasteiger charge is -2.35. The summed E-state index contributed by atoms with van der Waals surface area (Å²) in [5, 5.41) is 1.52. The number of rotatable bonds is 4. The number of halogens is 1. The minimum Gasteiger partial charge on any atom is -0.450 e. The maximum atomic E-state index is 12.0. The summed E-state index contributed by atoms with van der Waals surface area (Å²) in [5.74, 6) is 0.905. The second-order valence-corrected chi connectivity index (χ2v) is 8.04. The first-order valence-electron chi connectivity index (χ1n) is 10.5. The second-order valence-electron chi connectivity index (χ2n) is 7.65. The molecule has 0 atom stereocenters. The van der Waals surface area contributed by atoms with Gasteiger partial charge in [0.05, 0.1) is 6.61 Å². The van der Waals surface area contributed by atoms with E-state index in [-0.39, 0.29) is 6.09 Å². The van der Waals surface area contributed by atoms with Gasteiger partial charge in [0, 0.05) is 38.1 Å². The van der Waals surface area contributed by atoms with Crippen molar-refractivity contribution in [2.45, 2.75) is 32.7 Å². The topological polar surface area (TPSA) is 61.8 Å². The summed E-state index contributed by atoms with van der Waals surface area (Å²) in [5.41, 5.74) is 1.93. The van der Waals surface area contributed by atoms with E-state index in [2.05, 4.69) is 20.9 Å². The summed E-state index contributed by atoms with van der Waals surface area (Å²) in [7, 11) is 0. The van der Waals surface area contributed by atoms with E-state index in [9.17, 15) is 4.79 Å². The average molecular weight is 418 g/mol. The Bertz CT molecular complexity index is 864. The molecule has 0 radical (unpaired) electrons. The van der Waals surface area contributed by atoms with E-state index in [0.717, 1.165) is 43.9 Å². The van der Waals surface area contributed by atoms with Crippen molar-refractivity contribution in [3.8, 4) is 0 Å². The Hall–Kier alpha value is -2.12. The highest BCUT2D eigenvalue weighted by Crippen LogP contribution is 2.26. The Morgan fingerprint density at radius 3 is 2.55 bits per heavy atom. The molecule has 0 spiro atoms. The third-order valence-corrected chi connectivity index (χ3v) is 5.89. The summed E-state index contributed by atoms with van der Waals surface area (Å²) in [6.45, 7) is 8.11. The van der Waals surface area contributed by atoms with E-state index in [1.807, 2.05) is 19.1 Å².